The third-order valence-electron chi connectivity index (χ3n) is 4.19. The van der Waals surface area contributed by atoms with Crippen molar-refractivity contribution >= 4 is 0 Å². The van der Waals surface area contributed by atoms with Crippen molar-refractivity contribution in [1.29, 1.82) is 0 Å². The average Bonchev–Trinajstić information content (AvgIpc) is 2.86. The Hall–Kier alpha value is -2.08. The normalized spacial score (nSPS) is 14.3. The number of hydrogen-bond donors (Lipinski definition) is 0. The van der Waals surface area contributed by atoms with Crippen molar-refractivity contribution in [3.05, 3.63) is 94.1 Å². The second-order valence-electron chi connectivity index (χ2n) is 6.13. The van der Waals surface area contributed by atoms with Gasteiger partial charge >= 0.3 is 0 Å². The quantitative estimate of drug-likeness (QED) is 0.672. The Bertz CT molecular complexity index is 671. The third-order valence-corrected chi connectivity index (χ3v) is 4.19. The van der Waals surface area contributed by atoms with Crippen molar-refractivity contribution in [3.63, 3.8) is 0 Å². The molecule has 21 heavy (non-hydrogen) atoms. The predicted octanol–water partition coefficient (Wildman–Crippen LogP) is 5.71. The second kappa shape index (κ2) is 5.73. The van der Waals surface area contributed by atoms with Crippen LogP contribution in [0.3, 0.4) is 0 Å². The number of aryl methyl sites for hydroxylation is 2. The average molecular weight is 274 g/mol. The molecule has 0 fully saturated rings. The van der Waals surface area contributed by atoms with E-state index in [1.807, 2.05) is 0 Å². The first-order valence-electron chi connectivity index (χ1n) is 7.64. The summed E-state index contributed by atoms with van der Waals surface area (Å²) in [4.78, 5) is 0. The molecule has 0 amide bonds. The topological polar surface area (TPSA) is 0 Å². The van der Waals surface area contributed by atoms with Gasteiger partial charge in [0.1, 0.15) is 0 Å². The summed E-state index contributed by atoms with van der Waals surface area (Å²) in [6.07, 6.45) is 5.75. The molecule has 0 aliphatic heterocycles. The van der Waals surface area contributed by atoms with E-state index in [1.54, 1.807) is 0 Å². The lowest BCUT2D eigenvalue weighted by molar-refractivity contribution is 0.915. The molecule has 0 unspecified atom stereocenters. The highest BCUT2D eigenvalue weighted by atomic mass is 14.2. The zero-order valence-corrected chi connectivity index (χ0v) is 13.1. The first kappa shape index (κ1) is 13.9. The van der Waals surface area contributed by atoms with Gasteiger partial charge in [-0.3, -0.25) is 0 Å². The molecule has 2 aromatic rings. The number of benzene rings is 2. The fourth-order valence-electron chi connectivity index (χ4n) is 3.21. The molecular formula is C21H22. The molecule has 0 saturated carbocycles. The Morgan fingerprint density at radius 3 is 1.81 bits per heavy atom. The van der Waals surface area contributed by atoms with Gasteiger partial charge in [0.15, 0.2) is 0 Å². The van der Waals surface area contributed by atoms with Gasteiger partial charge in [0.25, 0.3) is 0 Å². The molecule has 0 heterocycles. The summed E-state index contributed by atoms with van der Waals surface area (Å²) >= 11 is 0. The zero-order chi connectivity index (χ0) is 14.8. The lowest BCUT2D eigenvalue weighted by atomic mass is 9.83. The summed E-state index contributed by atoms with van der Waals surface area (Å²) in [5, 5.41) is 0. The van der Waals surface area contributed by atoms with Crippen LogP contribution in [0.1, 0.15) is 41.5 Å². The minimum absolute atomic E-state index is 0.374. The Morgan fingerprint density at radius 2 is 1.38 bits per heavy atom. The zero-order valence-electron chi connectivity index (χ0n) is 13.1. The Balaban J connectivity index is 2.09. The van der Waals surface area contributed by atoms with Crippen molar-refractivity contribution < 1.29 is 0 Å². The van der Waals surface area contributed by atoms with Crippen LogP contribution in [0.5, 0.6) is 0 Å². The Labute approximate surface area is 127 Å². The molecule has 2 aromatic carbocycles. The number of rotatable bonds is 3. The summed E-state index contributed by atoms with van der Waals surface area (Å²) < 4.78 is 0. The maximum Gasteiger partial charge on any atom is 0.0305 e. The summed E-state index contributed by atoms with van der Waals surface area (Å²) in [5.74, 6) is 0.374. The molecule has 1 aliphatic rings. The standard InChI is InChI=1S/C21H22/c1-15-6-4-8-18(12-15)21(20-11-10-17(3)14-20)19-9-5-7-16(2)13-19/h4-10,12-14,21H,11H2,1-3H3. The molecule has 0 heteroatoms. The van der Waals surface area contributed by atoms with Gasteiger partial charge in [-0.25, -0.2) is 0 Å². The van der Waals surface area contributed by atoms with Crippen LogP contribution >= 0.6 is 0 Å². The van der Waals surface area contributed by atoms with E-state index in [1.165, 1.54) is 33.4 Å². The van der Waals surface area contributed by atoms with Crippen LogP contribution in [0.4, 0.5) is 0 Å². The van der Waals surface area contributed by atoms with Crippen molar-refractivity contribution in [2.45, 2.75) is 33.1 Å². The van der Waals surface area contributed by atoms with E-state index >= 15 is 0 Å². The lowest BCUT2D eigenvalue weighted by Crippen LogP contribution is -2.04. The minimum atomic E-state index is 0.374. The van der Waals surface area contributed by atoms with Crippen molar-refractivity contribution in [2.75, 3.05) is 0 Å². The SMILES string of the molecule is CC1=CCC(C(c2cccc(C)c2)c2cccc(C)c2)=C1. The van der Waals surface area contributed by atoms with E-state index in [4.69, 9.17) is 0 Å². The van der Waals surface area contributed by atoms with E-state index in [-0.39, 0.29) is 0 Å². The van der Waals surface area contributed by atoms with Gasteiger partial charge in [-0.15, -0.1) is 0 Å². The van der Waals surface area contributed by atoms with Gasteiger partial charge in [-0.1, -0.05) is 83.0 Å². The number of allylic oxidation sites excluding steroid dienone is 4. The highest BCUT2D eigenvalue weighted by Crippen LogP contribution is 2.37. The van der Waals surface area contributed by atoms with E-state index in [0.717, 1.165) is 6.42 Å². The van der Waals surface area contributed by atoms with Crippen LogP contribution in [-0.2, 0) is 0 Å². The van der Waals surface area contributed by atoms with Crippen molar-refractivity contribution in [1.82, 2.24) is 0 Å². The molecule has 0 radical (unpaired) electrons. The second-order valence-corrected chi connectivity index (χ2v) is 6.13. The lowest BCUT2D eigenvalue weighted by Gasteiger charge is -2.21. The van der Waals surface area contributed by atoms with Crippen LogP contribution in [-0.4, -0.2) is 0 Å². The number of hydrogen-bond acceptors (Lipinski definition) is 0. The van der Waals surface area contributed by atoms with Crippen molar-refractivity contribution in [2.24, 2.45) is 0 Å². The van der Waals surface area contributed by atoms with Gasteiger partial charge < -0.3 is 0 Å². The maximum absolute atomic E-state index is 2.36. The van der Waals surface area contributed by atoms with E-state index in [2.05, 4.69) is 81.5 Å². The molecule has 0 aromatic heterocycles. The highest BCUT2D eigenvalue weighted by molar-refractivity contribution is 5.47. The fourth-order valence-corrected chi connectivity index (χ4v) is 3.21. The fraction of sp³-hybridized carbons (Fsp3) is 0.238. The van der Waals surface area contributed by atoms with Gasteiger partial charge in [0, 0.05) is 5.92 Å². The molecule has 0 spiro atoms. The first-order chi connectivity index (χ1) is 10.1. The Kier molecular flexibility index (Phi) is 3.79. The first-order valence-corrected chi connectivity index (χ1v) is 7.64. The monoisotopic (exact) mass is 274 g/mol. The van der Waals surface area contributed by atoms with Crippen LogP contribution < -0.4 is 0 Å². The molecule has 0 bridgehead atoms. The van der Waals surface area contributed by atoms with Gasteiger partial charge in [0.2, 0.25) is 0 Å². The smallest absolute Gasteiger partial charge is 0.0305 e. The molecule has 106 valence electrons. The van der Waals surface area contributed by atoms with Crippen LogP contribution in [0, 0.1) is 13.8 Å². The van der Waals surface area contributed by atoms with E-state index in [9.17, 15) is 0 Å². The molecule has 0 nitrogen and oxygen atoms in total. The summed E-state index contributed by atoms with van der Waals surface area (Å²) in [6.45, 7) is 6.53. The summed E-state index contributed by atoms with van der Waals surface area (Å²) in [7, 11) is 0. The molecular weight excluding hydrogens is 252 g/mol. The largest absolute Gasteiger partial charge is 0.0775 e. The van der Waals surface area contributed by atoms with Gasteiger partial charge in [0.05, 0.1) is 0 Å². The van der Waals surface area contributed by atoms with Crippen LogP contribution in [0.25, 0.3) is 0 Å². The Morgan fingerprint density at radius 1 is 0.810 bits per heavy atom. The molecule has 1 aliphatic carbocycles. The van der Waals surface area contributed by atoms with Crippen LogP contribution in [0.15, 0.2) is 71.8 Å². The van der Waals surface area contributed by atoms with E-state index < -0.39 is 0 Å². The molecule has 0 N–H and O–H groups in total. The molecule has 3 rings (SSSR count). The third kappa shape index (κ3) is 3.00. The van der Waals surface area contributed by atoms with E-state index in [0.29, 0.717) is 5.92 Å². The van der Waals surface area contributed by atoms with Gasteiger partial charge in [-0.05, 0) is 38.3 Å². The summed E-state index contributed by atoms with van der Waals surface area (Å²) in [5.41, 5.74) is 8.34. The molecule has 0 saturated heterocycles. The van der Waals surface area contributed by atoms with Crippen LogP contribution in [0.2, 0.25) is 0 Å². The van der Waals surface area contributed by atoms with Crippen molar-refractivity contribution in [3.8, 4) is 0 Å². The summed E-state index contributed by atoms with van der Waals surface area (Å²) in [6, 6.07) is 17.8. The maximum atomic E-state index is 2.36. The highest BCUT2D eigenvalue weighted by Gasteiger charge is 2.20. The predicted molar refractivity (Wildman–Crippen MR) is 90.7 cm³/mol. The molecule has 0 atom stereocenters. The van der Waals surface area contributed by atoms with Gasteiger partial charge in [-0.2, -0.15) is 0 Å². The minimum Gasteiger partial charge on any atom is -0.0775 e.